The van der Waals surface area contributed by atoms with Gasteiger partial charge in [-0.2, -0.15) is 8.78 Å². The highest BCUT2D eigenvalue weighted by atomic mass is 35.5. The van der Waals surface area contributed by atoms with Crippen molar-refractivity contribution in [3.05, 3.63) is 53.3 Å². The van der Waals surface area contributed by atoms with Crippen LogP contribution < -0.4 is 14.2 Å². The molecule has 2 heterocycles. The van der Waals surface area contributed by atoms with Crippen LogP contribution in [0.25, 0.3) is 5.65 Å². The zero-order chi connectivity index (χ0) is 19.6. The number of ether oxygens (including phenoxy) is 2. The molecule has 1 aromatic carbocycles. The molecule has 27 heavy (non-hydrogen) atoms. The molecule has 2 aromatic heterocycles. The molecular formula is C16H14ClF2N3O4S. The summed E-state index contributed by atoms with van der Waals surface area (Å²) in [6.07, 6.45) is 1.53. The van der Waals surface area contributed by atoms with Crippen molar-refractivity contribution in [2.24, 2.45) is 0 Å². The van der Waals surface area contributed by atoms with E-state index in [0.29, 0.717) is 11.2 Å². The molecule has 1 N–H and O–H groups in total. The second-order valence-corrected chi connectivity index (χ2v) is 7.37. The number of methoxy groups -OCH3 is 1. The van der Waals surface area contributed by atoms with Gasteiger partial charge in [0, 0.05) is 12.7 Å². The van der Waals surface area contributed by atoms with Crippen LogP contribution in [0.1, 0.15) is 5.56 Å². The fraction of sp³-hybridized carbons (Fsp3) is 0.188. The van der Waals surface area contributed by atoms with Gasteiger partial charge in [-0.1, -0.05) is 23.7 Å². The number of fused-ring (bicyclic) bond motifs is 1. The van der Waals surface area contributed by atoms with Crippen molar-refractivity contribution in [1.82, 2.24) is 14.1 Å². The average Bonchev–Trinajstić information content (AvgIpc) is 2.97. The highest BCUT2D eigenvalue weighted by Crippen LogP contribution is 2.30. The fourth-order valence-electron chi connectivity index (χ4n) is 2.45. The molecule has 11 heteroatoms. The Bertz CT molecular complexity index is 1070. The molecule has 0 spiro atoms. The second kappa shape index (κ2) is 7.67. The van der Waals surface area contributed by atoms with Gasteiger partial charge in [-0.05, 0) is 29.8 Å². The summed E-state index contributed by atoms with van der Waals surface area (Å²) in [6, 6.07) is 9.09. The highest BCUT2D eigenvalue weighted by Gasteiger charge is 2.24. The predicted molar refractivity (Wildman–Crippen MR) is 93.9 cm³/mol. The van der Waals surface area contributed by atoms with Crippen LogP contribution in [-0.4, -0.2) is 31.5 Å². The van der Waals surface area contributed by atoms with E-state index in [1.54, 1.807) is 18.2 Å². The molecule has 0 bridgehead atoms. The Morgan fingerprint density at radius 2 is 2.04 bits per heavy atom. The molecule has 0 aliphatic heterocycles. The van der Waals surface area contributed by atoms with E-state index in [1.807, 2.05) is 0 Å². The number of rotatable bonds is 7. The highest BCUT2D eigenvalue weighted by molar-refractivity contribution is 7.89. The van der Waals surface area contributed by atoms with Gasteiger partial charge in [0.15, 0.2) is 21.7 Å². The van der Waals surface area contributed by atoms with Crippen molar-refractivity contribution in [1.29, 1.82) is 0 Å². The maximum atomic E-state index is 12.7. The van der Waals surface area contributed by atoms with E-state index >= 15 is 0 Å². The molecule has 7 nitrogen and oxygen atoms in total. The Balaban J connectivity index is 1.84. The van der Waals surface area contributed by atoms with Crippen molar-refractivity contribution < 1.29 is 26.7 Å². The first-order chi connectivity index (χ1) is 12.8. The summed E-state index contributed by atoms with van der Waals surface area (Å²) in [4.78, 5) is 4.00. The van der Waals surface area contributed by atoms with Crippen LogP contribution in [0, 0.1) is 0 Å². The molecular weight excluding hydrogens is 404 g/mol. The number of sulfonamides is 1. The number of hydrogen-bond donors (Lipinski definition) is 1. The zero-order valence-corrected chi connectivity index (χ0v) is 15.5. The van der Waals surface area contributed by atoms with Crippen molar-refractivity contribution in [2.45, 2.75) is 18.2 Å². The van der Waals surface area contributed by atoms with Crippen molar-refractivity contribution in [3.8, 4) is 11.5 Å². The van der Waals surface area contributed by atoms with E-state index in [2.05, 4.69) is 14.4 Å². The maximum absolute atomic E-state index is 12.7. The van der Waals surface area contributed by atoms with Gasteiger partial charge in [-0.15, -0.1) is 0 Å². The number of hydrogen-bond acceptors (Lipinski definition) is 5. The van der Waals surface area contributed by atoms with Crippen LogP contribution in [0.15, 0.2) is 47.6 Å². The number of halogens is 3. The minimum absolute atomic E-state index is 0.0554. The first-order valence-electron chi connectivity index (χ1n) is 7.56. The van der Waals surface area contributed by atoms with Gasteiger partial charge >= 0.3 is 6.61 Å². The summed E-state index contributed by atoms with van der Waals surface area (Å²) < 4.78 is 63.1. The molecule has 144 valence electrons. The van der Waals surface area contributed by atoms with E-state index in [9.17, 15) is 17.2 Å². The van der Waals surface area contributed by atoms with Gasteiger partial charge in [-0.3, -0.25) is 4.40 Å². The molecule has 0 fully saturated rings. The zero-order valence-electron chi connectivity index (χ0n) is 13.9. The van der Waals surface area contributed by atoms with E-state index in [4.69, 9.17) is 16.3 Å². The van der Waals surface area contributed by atoms with Crippen LogP contribution in [0.5, 0.6) is 11.5 Å². The lowest BCUT2D eigenvalue weighted by Crippen LogP contribution is -2.24. The Morgan fingerprint density at radius 1 is 1.26 bits per heavy atom. The number of alkyl halides is 2. The number of nitrogens with one attached hydrogen (secondary N) is 1. The smallest absolute Gasteiger partial charge is 0.387 e. The third kappa shape index (κ3) is 4.12. The molecule has 0 aliphatic carbocycles. The molecule has 0 atom stereocenters. The normalized spacial score (nSPS) is 11.9. The van der Waals surface area contributed by atoms with Gasteiger partial charge in [0.05, 0.1) is 7.11 Å². The summed E-state index contributed by atoms with van der Waals surface area (Å²) in [5.41, 5.74) is 0.861. The molecule has 3 aromatic rings. The summed E-state index contributed by atoms with van der Waals surface area (Å²) >= 11 is 5.99. The van der Waals surface area contributed by atoms with E-state index in [1.165, 1.54) is 35.9 Å². The third-order valence-corrected chi connectivity index (χ3v) is 5.41. The lowest BCUT2D eigenvalue weighted by molar-refractivity contribution is -0.0512. The van der Waals surface area contributed by atoms with Gasteiger partial charge in [0.25, 0.3) is 10.0 Å². The summed E-state index contributed by atoms with van der Waals surface area (Å²) in [5.74, 6) is -0.0937. The Morgan fingerprint density at radius 3 is 2.74 bits per heavy atom. The first-order valence-corrected chi connectivity index (χ1v) is 9.42. The number of nitrogens with zero attached hydrogens (tertiary/aromatic N) is 2. The standard InChI is InChI=1S/C16H14ClF2N3O4S/c1-25-12-8-10(5-6-11(12)26-16(18)19)9-20-27(23,24)15-14(17)21-13-4-2-3-7-22(13)15/h2-8,16,20H,9H2,1H3. The maximum Gasteiger partial charge on any atom is 0.387 e. The van der Waals surface area contributed by atoms with E-state index in [-0.39, 0.29) is 28.2 Å². The lowest BCUT2D eigenvalue weighted by atomic mass is 10.2. The Hall–Kier alpha value is -2.43. The third-order valence-electron chi connectivity index (χ3n) is 3.61. The summed E-state index contributed by atoms with van der Waals surface area (Å²) in [7, 11) is -2.70. The minimum atomic E-state index is -3.99. The number of aromatic nitrogens is 2. The second-order valence-electron chi connectivity index (χ2n) is 5.32. The van der Waals surface area contributed by atoms with Crippen molar-refractivity contribution in [3.63, 3.8) is 0 Å². The van der Waals surface area contributed by atoms with Crippen LogP contribution in [0.2, 0.25) is 5.15 Å². The number of benzene rings is 1. The fourth-order valence-corrected chi connectivity index (χ4v) is 4.10. The van der Waals surface area contributed by atoms with Gasteiger partial charge in [0.2, 0.25) is 0 Å². The van der Waals surface area contributed by atoms with Crippen LogP contribution in [0.3, 0.4) is 0 Å². The largest absolute Gasteiger partial charge is 0.493 e. The monoisotopic (exact) mass is 417 g/mol. The molecule has 0 aliphatic rings. The Kier molecular flexibility index (Phi) is 5.49. The molecule has 0 unspecified atom stereocenters. The number of imidazole rings is 1. The van der Waals surface area contributed by atoms with Crippen molar-refractivity contribution >= 4 is 27.3 Å². The molecule has 0 saturated carbocycles. The van der Waals surface area contributed by atoms with Crippen LogP contribution >= 0.6 is 11.6 Å². The van der Waals surface area contributed by atoms with E-state index < -0.39 is 16.6 Å². The molecule has 0 saturated heterocycles. The predicted octanol–water partition coefficient (Wildman–Crippen LogP) is 3.08. The number of pyridine rings is 1. The lowest BCUT2D eigenvalue weighted by Gasteiger charge is -2.12. The first kappa shape index (κ1) is 19.3. The van der Waals surface area contributed by atoms with Crippen LogP contribution in [-0.2, 0) is 16.6 Å². The van der Waals surface area contributed by atoms with E-state index in [0.717, 1.165) is 0 Å². The Labute approximate surface area is 158 Å². The summed E-state index contributed by atoms with van der Waals surface area (Å²) in [6.45, 7) is -3.12. The van der Waals surface area contributed by atoms with Gasteiger partial charge < -0.3 is 9.47 Å². The molecule has 0 radical (unpaired) electrons. The van der Waals surface area contributed by atoms with Crippen molar-refractivity contribution in [2.75, 3.05) is 7.11 Å². The quantitative estimate of drug-likeness (QED) is 0.639. The molecule has 0 amide bonds. The summed E-state index contributed by atoms with van der Waals surface area (Å²) in [5, 5.41) is -0.351. The average molecular weight is 418 g/mol. The SMILES string of the molecule is COc1cc(CNS(=O)(=O)c2c(Cl)nc3ccccn23)ccc1OC(F)F. The van der Waals surface area contributed by atoms with Gasteiger partial charge in [0.1, 0.15) is 5.65 Å². The minimum Gasteiger partial charge on any atom is -0.493 e. The van der Waals surface area contributed by atoms with Crippen LogP contribution in [0.4, 0.5) is 8.78 Å². The van der Waals surface area contributed by atoms with Gasteiger partial charge in [-0.25, -0.2) is 18.1 Å². The topological polar surface area (TPSA) is 81.9 Å². The molecule has 3 rings (SSSR count).